The summed E-state index contributed by atoms with van der Waals surface area (Å²) in [4.78, 5) is 22.1. The van der Waals surface area contributed by atoms with Crippen molar-refractivity contribution in [3.8, 4) is 5.75 Å². The maximum Gasteiger partial charge on any atom is 0.263 e. The number of nitrogens with zero attached hydrogens (tertiary/aromatic N) is 2. The molecule has 0 atom stereocenters. The first kappa shape index (κ1) is 20.0. The Bertz CT molecular complexity index is 946. The maximum atomic E-state index is 12.6. The van der Waals surface area contributed by atoms with E-state index >= 15 is 0 Å². The van der Waals surface area contributed by atoms with Crippen LogP contribution in [0.25, 0.3) is 0 Å². The van der Waals surface area contributed by atoms with Crippen LogP contribution in [0.4, 0.5) is 0 Å². The van der Waals surface area contributed by atoms with Crippen molar-refractivity contribution in [2.75, 3.05) is 0 Å². The van der Waals surface area contributed by atoms with E-state index in [4.69, 9.17) is 4.74 Å². The summed E-state index contributed by atoms with van der Waals surface area (Å²) in [7, 11) is 0. The predicted octanol–water partition coefficient (Wildman–Crippen LogP) is 4.65. The van der Waals surface area contributed by atoms with Crippen molar-refractivity contribution >= 4 is 17.2 Å². The van der Waals surface area contributed by atoms with Crippen LogP contribution in [0.1, 0.15) is 52.4 Å². The number of hydrogen-bond donors (Lipinski definition) is 1. The molecule has 3 rings (SSSR count). The summed E-state index contributed by atoms with van der Waals surface area (Å²) in [5, 5.41) is 3.96. The molecule has 0 aliphatic carbocycles. The van der Waals surface area contributed by atoms with Crippen LogP contribution in [0.3, 0.4) is 0 Å². The minimum Gasteiger partial charge on any atom is -0.487 e. The van der Waals surface area contributed by atoms with E-state index in [2.05, 4.69) is 36.1 Å². The highest BCUT2D eigenvalue weighted by molar-refractivity contribution is 7.14. The monoisotopic (exact) mass is 395 g/mol. The van der Waals surface area contributed by atoms with E-state index in [1.165, 1.54) is 11.3 Å². The van der Waals surface area contributed by atoms with E-state index in [0.717, 1.165) is 27.7 Å². The number of amides is 1. The van der Waals surface area contributed by atoms with Gasteiger partial charge in [-0.05, 0) is 36.8 Å². The number of aryl methyl sites for hydroxylation is 1. The number of carbonyl (C=O) groups excluding carboxylic acids is 1. The molecule has 0 bridgehead atoms. The van der Waals surface area contributed by atoms with E-state index < -0.39 is 0 Å². The lowest BCUT2D eigenvalue weighted by Gasteiger charge is -2.13. The Balaban J connectivity index is 1.60. The summed E-state index contributed by atoms with van der Waals surface area (Å²) in [5.74, 6) is 0.659. The number of nitrogens with one attached hydrogen (secondary N) is 1. The van der Waals surface area contributed by atoms with Gasteiger partial charge >= 0.3 is 0 Å². The summed E-state index contributed by atoms with van der Waals surface area (Å²) < 4.78 is 5.80. The van der Waals surface area contributed by atoms with E-state index in [1.807, 2.05) is 49.4 Å². The van der Waals surface area contributed by atoms with Crippen LogP contribution in [0.5, 0.6) is 5.75 Å². The molecule has 146 valence electrons. The van der Waals surface area contributed by atoms with Gasteiger partial charge in [-0.2, -0.15) is 0 Å². The fourth-order valence-corrected chi connectivity index (χ4v) is 3.62. The molecule has 0 spiro atoms. The molecule has 6 heteroatoms. The average Bonchev–Trinajstić information content (AvgIpc) is 3.08. The van der Waals surface area contributed by atoms with Gasteiger partial charge in [-0.15, -0.1) is 11.3 Å². The zero-order valence-electron chi connectivity index (χ0n) is 16.7. The molecular weight excluding hydrogens is 370 g/mol. The van der Waals surface area contributed by atoms with Crippen LogP contribution in [0.15, 0.2) is 48.7 Å². The van der Waals surface area contributed by atoms with Crippen LogP contribution in [-0.2, 0) is 18.6 Å². The summed E-state index contributed by atoms with van der Waals surface area (Å²) in [6.45, 7) is 9.02. The van der Waals surface area contributed by atoms with Gasteiger partial charge in [-0.3, -0.25) is 9.78 Å². The SMILES string of the molecule is Cc1nc(C(C)(C)C)sc1C(=O)NCc1cccc(OCc2ccccn2)c1. The van der Waals surface area contributed by atoms with Crippen LogP contribution < -0.4 is 10.1 Å². The van der Waals surface area contributed by atoms with Crippen molar-refractivity contribution in [2.24, 2.45) is 0 Å². The Morgan fingerprint density at radius 1 is 1.18 bits per heavy atom. The molecule has 0 radical (unpaired) electrons. The molecule has 0 saturated carbocycles. The third kappa shape index (κ3) is 5.16. The van der Waals surface area contributed by atoms with Crippen LogP contribution in [0, 0.1) is 6.92 Å². The molecule has 2 aromatic heterocycles. The number of rotatable bonds is 6. The lowest BCUT2D eigenvalue weighted by Crippen LogP contribution is -2.22. The van der Waals surface area contributed by atoms with Gasteiger partial charge in [0, 0.05) is 18.2 Å². The number of pyridine rings is 1. The lowest BCUT2D eigenvalue weighted by atomic mass is 9.98. The molecule has 0 fully saturated rings. The minimum atomic E-state index is -0.0923. The molecule has 1 aromatic carbocycles. The number of hydrogen-bond acceptors (Lipinski definition) is 5. The minimum absolute atomic E-state index is 0.0623. The summed E-state index contributed by atoms with van der Waals surface area (Å²) >= 11 is 1.46. The van der Waals surface area contributed by atoms with Gasteiger partial charge < -0.3 is 10.1 Å². The largest absolute Gasteiger partial charge is 0.487 e. The molecule has 3 aromatic rings. The highest BCUT2D eigenvalue weighted by Gasteiger charge is 2.22. The van der Waals surface area contributed by atoms with E-state index in [0.29, 0.717) is 18.0 Å². The van der Waals surface area contributed by atoms with Gasteiger partial charge in [0.15, 0.2) is 0 Å². The molecule has 28 heavy (non-hydrogen) atoms. The van der Waals surface area contributed by atoms with Gasteiger partial charge in [-0.1, -0.05) is 39.0 Å². The van der Waals surface area contributed by atoms with Crippen molar-refractivity contribution < 1.29 is 9.53 Å². The van der Waals surface area contributed by atoms with Crippen LogP contribution >= 0.6 is 11.3 Å². The van der Waals surface area contributed by atoms with Crippen molar-refractivity contribution in [3.63, 3.8) is 0 Å². The Hall–Kier alpha value is -2.73. The Morgan fingerprint density at radius 2 is 2.00 bits per heavy atom. The van der Waals surface area contributed by atoms with E-state index in [9.17, 15) is 4.79 Å². The molecule has 0 aliphatic heterocycles. The van der Waals surface area contributed by atoms with Crippen molar-refractivity contribution in [1.29, 1.82) is 0 Å². The number of ether oxygens (including phenoxy) is 1. The zero-order chi connectivity index (χ0) is 20.1. The summed E-state index contributed by atoms with van der Waals surface area (Å²) in [6.07, 6.45) is 1.75. The van der Waals surface area contributed by atoms with Crippen LogP contribution in [0.2, 0.25) is 0 Å². The molecular formula is C22H25N3O2S. The highest BCUT2D eigenvalue weighted by atomic mass is 32.1. The second kappa shape index (κ2) is 8.52. The molecule has 0 unspecified atom stereocenters. The highest BCUT2D eigenvalue weighted by Crippen LogP contribution is 2.29. The molecule has 0 saturated heterocycles. The fraction of sp³-hybridized carbons (Fsp3) is 0.318. The second-order valence-electron chi connectivity index (χ2n) is 7.62. The first-order chi connectivity index (χ1) is 13.3. The van der Waals surface area contributed by atoms with Gasteiger partial charge in [0.2, 0.25) is 0 Å². The average molecular weight is 396 g/mol. The van der Waals surface area contributed by atoms with Crippen molar-refractivity contribution in [3.05, 3.63) is 75.5 Å². The van der Waals surface area contributed by atoms with Gasteiger partial charge in [0.05, 0.1) is 16.4 Å². The first-order valence-corrected chi connectivity index (χ1v) is 10.0. The molecule has 2 heterocycles. The predicted molar refractivity (Wildman–Crippen MR) is 112 cm³/mol. The van der Waals surface area contributed by atoms with Crippen molar-refractivity contribution in [2.45, 2.75) is 46.3 Å². The third-order valence-corrected chi connectivity index (χ3v) is 5.69. The van der Waals surface area contributed by atoms with E-state index in [-0.39, 0.29) is 11.3 Å². The van der Waals surface area contributed by atoms with Crippen LogP contribution in [-0.4, -0.2) is 15.9 Å². The number of carbonyl (C=O) groups is 1. The Kier molecular flexibility index (Phi) is 6.09. The molecule has 1 amide bonds. The maximum absolute atomic E-state index is 12.6. The molecule has 0 aliphatic rings. The first-order valence-electron chi connectivity index (χ1n) is 9.20. The lowest BCUT2D eigenvalue weighted by molar-refractivity contribution is 0.0954. The normalized spacial score (nSPS) is 11.3. The Labute approximate surface area is 169 Å². The van der Waals surface area contributed by atoms with Gasteiger partial charge in [0.1, 0.15) is 17.2 Å². The third-order valence-electron chi connectivity index (χ3n) is 4.11. The molecule has 1 N–H and O–H groups in total. The number of thiazole rings is 1. The Morgan fingerprint density at radius 3 is 2.68 bits per heavy atom. The zero-order valence-corrected chi connectivity index (χ0v) is 17.5. The smallest absolute Gasteiger partial charge is 0.263 e. The second-order valence-corrected chi connectivity index (χ2v) is 8.62. The van der Waals surface area contributed by atoms with Gasteiger partial charge in [-0.25, -0.2) is 4.98 Å². The number of benzene rings is 1. The fourth-order valence-electron chi connectivity index (χ4n) is 2.58. The van der Waals surface area contributed by atoms with E-state index in [1.54, 1.807) is 6.20 Å². The number of aromatic nitrogens is 2. The summed E-state index contributed by atoms with van der Waals surface area (Å²) in [6, 6.07) is 13.5. The van der Waals surface area contributed by atoms with Crippen molar-refractivity contribution in [1.82, 2.24) is 15.3 Å². The quantitative estimate of drug-likeness (QED) is 0.660. The van der Waals surface area contributed by atoms with Gasteiger partial charge in [0.25, 0.3) is 5.91 Å². The standard InChI is InChI=1S/C22H25N3O2S/c1-15-19(28-21(25-15)22(2,3)4)20(26)24-13-16-8-7-10-18(12-16)27-14-17-9-5-6-11-23-17/h5-12H,13-14H2,1-4H3,(H,24,26). The summed E-state index contributed by atoms with van der Waals surface area (Å²) in [5.41, 5.74) is 2.56. The topological polar surface area (TPSA) is 64.1 Å². The molecule has 5 nitrogen and oxygen atoms in total.